The number of carbonyl (C=O) groups is 1. The van der Waals surface area contributed by atoms with Crippen molar-refractivity contribution < 1.29 is 9.53 Å². The fourth-order valence-corrected chi connectivity index (χ4v) is 29.6. The molecule has 0 N–H and O–H groups in total. The second-order valence-corrected chi connectivity index (χ2v) is 33.0. The molecule has 0 radical (unpaired) electrons. The quantitative estimate of drug-likeness (QED) is 0.0741. The standard InChI is InChI=1S/C41H38I2O2P2/c1-45-41(44)32-40(47(43,37-26-14-5-15-27-37,38-28-16-6-17-29-38)39-30-18-7-19-31-39)33-46(42,34-20-8-2-9-21-34,35-22-10-3-11-23-35)36-24-12-4-13-25-36/h2-31,40H,32-33H2,1H3. The molecule has 0 aliphatic heterocycles. The van der Waals surface area contributed by atoms with Gasteiger partial charge in [-0.25, -0.2) is 0 Å². The molecule has 6 rings (SSSR count). The first kappa shape index (κ1) is 34.0. The fraction of sp³-hybridized carbons (Fsp3) is 0.0976. The monoisotopic (exact) mass is 878 g/mol. The van der Waals surface area contributed by atoms with E-state index in [1.165, 1.54) is 38.9 Å². The number of methoxy groups -OCH3 is 1. The summed E-state index contributed by atoms with van der Waals surface area (Å²) in [7, 11) is 1.52. The van der Waals surface area contributed by atoms with Crippen LogP contribution in [0.1, 0.15) is 6.42 Å². The number of carbonyl (C=O) groups excluding carboxylic acids is 1. The normalized spacial score (nSPS) is 14.1. The van der Waals surface area contributed by atoms with Crippen molar-refractivity contribution in [2.75, 3.05) is 13.3 Å². The molecule has 6 aromatic carbocycles. The maximum atomic E-state index is 13.9. The Balaban J connectivity index is 1.82. The second-order valence-electron chi connectivity index (χ2n) is 11.9. The predicted octanol–water partition coefficient (Wildman–Crippen LogP) is 8.68. The van der Waals surface area contributed by atoms with E-state index in [1.54, 1.807) is 0 Å². The molecule has 0 fully saturated rings. The van der Waals surface area contributed by atoms with Gasteiger partial charge in [0.25, 0.3) is 0 Å². The molecule has 6 aromatic rings. The van der Waals surface area contributed by atoms with Crippen molar-refractivity contribution in [2.24, 2.45) is 0 Å². The van der Waals surface area contributed by atoms with Crippen molar-refractivity contribution >= 4 is 90.4 Å². The fourth-order valence-electron chi connectivity index (χ4n) is 7.28. The van der Waals surface area contributed by atoms with E-state index in [4.69, 9.17) is 4.74 Å². The van der Waals surface area contributed by atoms with E-state index < -0.39 is 8.49 Å². The molecular formula is C41H38I2O2P2. The number of esters is 1. The van der Waals surface area contributed by atoms with Gasteiger partial charge in [0, 0.05) is 0 Å². The Bertz CT molecular complexity index is 1730. The van der Waals surface area contributed by atoms with Crippen LogP contribution >= 0.6 is 52.6 Å². The van der Waals surface area contributed by atoms with Crippen molar-refractivity contribution in [2.45, 2.75) is 12.1 Å². The van der Waals surface area contributed by atoms with Crippen LogP contribution in [0.25, 0.3) is 0 Å². The summed E-state index contributed by atoms with van der Waals surface area (Å²) in [6.07, 6.45) is 1.02. The molecule has 2 nitrogen and oxygen atoms in total. The molecule has 0 amide bonds. The van der Waals surface area contributed by atoms with Crippen molar-refractivity contribution in [3.8, 4) is 0 Å². The number of ether oxygens (including phenoxy) is 1. The van der Waals surface area contributed by atoms with Gasteiger partial charge in [0.1, 0.15) is 0 Å². The SMILES string of the molecule is COC(=O)CC(CP(I)(c1ccccc1)(c1ccccc1)c1ccccc1)P(I)(c1ccccc1)(c1ccccc1)c1ccccc1. The maximum absolute atomic E-state index is 13.9. The van der Waals surface area contributed by atoms with E-state index in [0.29, 0.717) is 0 Å². The Morgan fingerprint density at radius 3 is 1.00 bits per heavy atom. The van der Waals surface area contributed by atoms with Crippen LogP contribution in [0.5, 0.6) is 0 Å². The molecule has 0 aromatic heterocycles. The molecule has 1 unspecified atom stereocenters. The average Bonchev–Trinajstić information content (AvgIpc) is 3.16. The first-order valence-corrected chi connectivity index (χ1v) is 26.0. The number of benzene rings is 6. The van der Waals surface area contributed by atoms with E-state index in [-0.39, 0.29) is 18.0 Å². The predicted molar refractivity (Wildman–Crippen MR) is 224 cm³/mol. The third-order valence-corrected chi connectivity index (χ3v) is 34.3. The van der Waals surface area contributed by atoms with E-state index >= 15 is 0 Å². The summed E-state index contributed by atoms with van der Waals surface area (Å²) in [5, 5.41) is 7.63. The van der Waals surface area contributed by atoms with Crippen molar-refractivity contribution in [1.82, 2.24) is 0 Å². The molecule has 0 spiro atoms. The number of rotatable bonds is 11. The number of hydrogen-bond acceptors (Lipinski definition) is 2. The molecule has 0 bridgehead atoms. The van der Waals surface area contributed by atoms with Gasteiger partial charge >= 0.3 is 307 Å². The van der Waals surface area contributed by atoms with Crippen LogP contribution in [-0.4, -0.2) is 24.9 Å². The molecule has 0 saturated carbocycles. The Kier molecular flexibility index (Phi) is 10.1. The van der Waals surface area contributed by atoms with Crippen LogP contribution in [0.4, 0.5) is 0 Å². The average molecular weight is 879 g/mol. The van der Waals surface area contributed by atoms with Gasteiger partial charge in [-0.2, -0.15) is 0 Å². The minimum atomic E-state index is -3.54. The zero-order valence-corrected chi connectivity index (χ0v) is 32.4. The van der Waals surface area contributed by atoms with Crippen LogP contribution < -0.4 is 31.8 Å². The molecule has 0 aliphatic rings. The molecule has 238 valence electrons. The minimum absolute atomic E-state index is 0.142. The van der Waals surface area contributed by atoms with Crippen LogP contribution in [0.3, 0.4) is 0 Å². The van der Waals surface area contributed by atoms with E-state index in [1.807, 2.05) is 0 Å². The Labute approximate surface area is 304 Å². The first-order valence-electron chi connectivity index (χ1n) is 15.7. The van der Waals surface area contributed by atoms with Gasteiger partial charge in [-0.3, -0.25) is 0 Å². The molecule has 0 heterocycles. The van der Waals surface area contributed by atoms with Crippen molar-refractivity contribution in [1.29, 1.82) is 0 Å². The first-order chi connectivity index (χ1) is 22.8. The Morgan fingerprint density at radius 1 is 0.489 bits per heavy atom. The molecule has 47 heavy (non-hydrogen) atoms. The molecule has 1 atom stereocenters. The number of halogens is 2. The van der Waals surface area contributed by atoms with Crippen LogP contribution in [0.2, 0.25) is 0 Å². The van der Waals surface area contributed by atoms with Gasteiger partial charge in [0.15, 0.2) is 0 Å². The van der Waals surface area contributed by atoms with Crippen LogP contribution in [0.15, 0.2) is 182 Å². The molecular weight excluding hydrogens is 840 g/mol. The summed E-state index contributed by atoms with van der Waals surface area (Å²) < 4.78 is -1.32. The van der Waals surface area contributed by atoms with Gasteiger partial charge in [-0.15, -0.1) is 0 Å². The van der Waals surface area contributed by atoms with Crippen LogP contribution in [-0.2, 0) is 9.53 Å². The summed E-state index contributed by atoms with van der Waals surface area (Å²) in [6, 6.07) is 65.9. The Morgan fingerprint density at radius 2 is 0.745 bits per heavy atom. The van der Waals surface area contributed by atoms with E-state index in [0.717, 1.165) is 6.16 Å². The Hall–Kier alpha value is -2.89. The third kappa shape index (κ3) is 5.69. The number of hydrogen-bond donors (Lipinski definition) is 0. The van der Waals surface area contributed by atoms with Gasteiger partial charge in [-0.1, -0.05) is 0 Å². The zero-order valence-electron chi connectivity index (χ0n) is 26.3. The second kappa shape index (κ2) is 13.9. The molecule has 6 heteroatoms. The third-order valence-electron chi connectivity index (χ3n) is 9.54. The van der Waals surface area contributed by atoms with Crippen molar-refractivity contribution in [3.05, 3.63) is 182 Å². The summed E-state index contributed by atoms with van der Waals surface area (Å²) in [5.74, 6) is -0.195. The summed E-state index contributed by atoms with van der Waals surface area (Å²) in [6.45, 7) is 0. The van der Waals surface area contributed by atoms with Crippen LogP contribution in [0, 0.1) is 0 Å². The van der Waals surface area contributed by atoms with E-state index in [2.05, 4.69) is 226 Å². The van der Waals surface area contributed by atoms with Crippen molar-refractivity contribution in [3.63, 3.8) is 0 Å². The van der Waals surface area contributed by atoms with E-state index in [9.17, 15) is 4.79 Å². The summed E-state index contributed by atoms with van der Waals surface area (Å²) in [4.78, 5) is 13.9. The van der Waals surface area contributed by atoms with Gasteiger partial charge in [0.05, 0.1) is 0 Å². The summed E-state index contributed by atoms with van der Waals surface area (Å²) in [5.41, 5.74) is -0.142. The van der Waals surface area contributed by atoms with Gasteiger partial charge < -0.3 is 0 Å². The topological polar surface area (TPSA) is 26.3 Å². The zero-order chi connectivity index (χ0) is 32.8. The van der Waals surface area contributed by atoms with Gasteiger partial charge in [0.2, 0.25) is 0 Å². The summed E-state index contributed by atoms with van der Waals surface area (Å²) >= 11 is 5.74. The molecule has 0 saturated heterocycles. The van der Waals surface area contributed by atoms with Gasteiger partial charge in [-0.05, 0) is 0 Å². The molecule has 0 aliphatic carbocycles.